The van der Waals surface area contributed by atoms with Crippen LogP contribution < -0.4 is 10.2 Å². The van der Waals surface area contributed by atoms with Crippen LogP contribution in [0.25, 0.3) is 0 Å². The van der Waals surface area contributed by atoms with E-state index in [2.05, 4.69) is 58.3 Å². The summed E-state index contributed by atoms with van der Waals surface area (Å²) in [6, 6.07) is 9.52. The molecule has 2 aliphatic heterocycles. The molecular weight excluding hydrogens is 324 g/mol. The Morgan fingerprint density at radius 3 is 2.62 bits per heavy atom. The molecule has 3 heterocycles. The van der Waals surface area contributed by atoms with Crippen molar-refractivity contribution >= 4 is 11.5 Å². The largest absolute Gasteiger partial charge is 0.362 e. The van der Waals surface area contributed by atoms with Gasteiger partial charge in [0.25, 0.3) is 0 Å². The van der Waals surface area contributed by atoms with Crippen LogP contribution >= 0.6 is 0 Å². The molecule has 1 N–H and O–H groups in total. The SMILES string of the molecule is Cc1cncc(N[C@@H]2c3ccccc3N(C3OC3C)C(C3CC3)C2C)n1. The number of nitrogens with one attached hydrogen (secondary N) is 1. The van der Waals surface area contributed by atoms with Crippen molar-refractivity contribution in [3.05, 3.63) is 47.9 Å². The molecule has 2 fully saturated rings. The first kappa shape index (κ1) is 16.1. The van der Waals surface area contributed by atoms with Crippen molar-refractivity contribution in [2.45, 2.75) is 58.0 Å². The predicted octanol–water partition coefficient (Wildman–Crippen LogP) is 3.92. The first-order valence-corrected chi connectivity index (χ1v) is 9.71. The number of nitrogens with zero attached hydrogens (tertiary/aromatic N) is 3. The van der Waals surface area contributed by atoms with Crippen molar-refractivity contribution in [1.82, 2.24) is 9.97 Å². The van der Waals surface area contributed by atoms with Gasteiger partial charge in [-0.05, 0) is 44.2 Å². The van der Waals surface area contributed by atoms with Crippen molar-refractivity contribution in [3.8, 4) is 0 Å². The maximum absolute atomic E-state index is 5.92. The van der Waals surface area contributed by atoms with Crippen molar-refractivity contribution in [2.75, 3.05) is 10.2 Å². The second kappa shape index (κ2) is 5.95. The Hall–Kier alpha value is -2.14. The Bertz CT molecular complexity index is 821. The van der Waals surface area contributed by atoms with Gasteiger partial charge >= 0.3 is 0 Å². The molecule has 5 nitrogen and oxygen atoms in total. The molecule has 0 bridgehead atoms. The molecular formula is C21H26N4O. The average Bonchev–Trinajstić information content (AvgIpc) is 3.54. The zero-order valence-corrected chi connectivity index (χ0v) is 15.6. The summed E-state index contributed by atoms with van der Waals surface area (Å²) in [4.78, 5) is 11.5. The van der Waals surface area contributed by atoms with Crippen LogP contribution in [-0.4, -0.2) is 28.3 Å². The van der Waals surface area contributed by atoms with E-state index in [1.165, 1.54) is 24.1 Å². The summed E-state index contributed by atoms with van der Waals surface area (Å²) in [5.74, 6) is 2.09. The second-order valence-electron chi connectivity index (χ2n) is 8.05. The third-order valence-electron chi connectivity index (χ3n) is 6.05. The van der Waals surface area contributed by atoms with Crippen LogP contribution in [0.15, 0.2) is 36.7 Å². The number of epoxide rings is 1. The van der Waals surface area contributed by atoms with Gasteiger partial charge < -0.3 is 15.0 Å². The molecule has 5 heteroatoms. The van der Waals surface area contributed by atoms with Gasteiger partial charge in [0, 0.05) is 23.8 Å². The number of aryl methyl sites for hydroxylation is 1. The Labute approximate surface area is 154 Å². The summed E-state index contributed by atoms with van der Waals surface area (Å²) in [7, 11) is 0. The summed E-state index contributed by atoms with van der Waals surface area (Å²) in [6.45, 7) is 6.53. The minimum atomic E-state index is 0.226. The van der Waals surface area contributed by atoms with Crippen LogP contribution in [0.5, 0.6) is 0 Å². The molecule has 0 spiro atoms. The predicted molar refractivity (Wildman–Crippen MR) is 102 cm³/mol. The normalized spacial score (nSPS) is 32.9. The highest BCUT2D eigenvalue weighted by molar-refractivity contribution is 5.62. The van der Waals surface area contributed by atoms with E-state index in [-0.39, 0.29) is 12.3 Å². The van der Waals surface area contributed by atoms with Gasteiger partial charge in [-0.25, -0.2) is 4.98 Å². The monoisotopic (exact) mass is 350 g/mol. The molecule has 0 amide bonds. The fraction of sp³-hybridized carbons (Fsp3) is 0.524. The summed E-state index contributed by atoms with van der Waals surface area (Å²) in [6.07, 6.45) is 6.82. The molecule has 1 saturated heterocycles. The van der Waals surface area contributed by atoms with E-state index in [9.17, 15) is 0 Å². The number of aromatic nitrogens is 2. The minimum Gasteiger partial charge on any atom is -0.362 e. The highest BCUT2D eigenvalue weighted by atomic mass is 16.6. The van der Waals surface area contributed by atoms with Gasteiger partial charge in [0.15, 0.2) is 6.23 Å². The summed E-state index contributed by atoms with van der Waals surface area (Å²) < 4.78 is 5.92. The molecule has 1 aliphatic carbocycles. The highest BCUT2D eigenvalue weighted by Crippen LogP contribution is 2.52. The van der Waals surface area contributed by atoms with Crippen LogP contribution in [0, 0.1) is 18.8 Å². The van der Waals surface area contributed by atoms with Gasteiger partial charge in [-0.2, -0.15) is 0 Å². The van der Waals surface area contributed by atoms with E-state index in [0.717, 1.165) is 17.4 Å². The van der Waals surface area contributed by atoms with Gasteiger partial charge in [-0.1, -0.05) is 25.1 Å². The Balaban J connectivity index is 1.56. The smallest absolute Gasteiger partial charge is 0.157 e. The van der Waals surface area contributed by atoms with Crippen LogP contribution in [0.3, 0.4) is 0 Å². The van der Waals surface area contributed by atoms with Gasteiger partial charge in [-0.3, -0.25) is 4.98 Å². The number of fused-ring (bicyclic) bond motifs is 1. The molecule has 1 aromatic heterocycles. The molecule has 26 heavy (non-hydrogen) atoms. The number of rotatable bonds is 4. The minimum absolute atomic E-state index is 0.226. The standard InChI is InChI=1S/C21H26N4O/c1-12-10-22-11-18(23-12)24-19-13(2)20(15-8-9-15)25(21-14(3)26-21)17-7-5-4-6-16(17)19/h4-7,10-11,13-15,19-21H,8-9H2,1-3H3,(H,23,24)/t13?,14?,19-,20?,21?/m0/s1. The average molecular weight is 350 g/mol. The van der Waals surface area contributed by atoms with Crippen molar-refractivity contribution in [3.63, 3.8) is 0 Å². The molecule has 1 aromatic carbocycles. The van der Waals surface area contributed by atoms with E-state index in [4.69, 9.17) is 4.74 Å². The van der Waals surface area contributed by atoms with E-state index in [0.29, 0.717) is 18.1 Å². The lowest BCUT2D eigenvalue weighted by atomic mass is 9.80. The first-order valence-electron chi connectivity index (χ1n) is 9.71. The van der Waals surface area contributed by atoms with Crippen molar-refractivity contribution in [1.29, 1.82) is 0 Å². The molecule has 136 valence electrons. The lowest BCUT2D eigenvalue weighted by molar-refractivity contribution is 0.285. The maximum Gasteiger partial charge on any atom is 0.157 e. The number of hydrogen-bond donors (Lipinski definition) is 1. The molecule has 3 aliphatic rings. The van der Waals surface area contributed by atoms with Crippen LogP contribution in [-0.2, 0) is 4.74 Å². The fourth-order valence-corrected chi connectivity index (χ4v) is 4.65. The second-order valence-corrected chi connectivity index (χ2v) is 8.05. The van der Waals surface area contributed by atoms with Crippen molar-refractivity contribution in [2.24, 2.45) is 11.8 Å². The number of hydrogen-bond acceptors (Lipinski definition) is 5. The molecule has 4 unspecified atom stereocenters. The zero-order valence-electron chi connectivity index (χ0n) is 15.6. The Morgan fingerprint density at radius 1 is 1.15 bits per heavy atom. The lowest BCUT2D eigenvalue weighted by Crippen LogP contribution is -2.51. The molecule has 2 aromatic rings. The number of para-hydroxylation sites is 1. The highest BCUT2D eigenvalue weighted by Gasteiger charge is 2.53. The topological polar surface area (TPSA) is 53.6 Å². The first-order chi connectivity index (χ1) is 12.6. The molecule has 1 saturated carbocycles. The van der Waals surface area contributed by atoms with Crippen molar-refractivity contribution < 1.29 is 4.74 Å². The Kier molecular flexibility index (Phi) is 3.67. The van der Waals surface area contributed by atoms with Gasteiger partial charge in [0.05, 0.1) is 17.9 Å². The lowest BCUT2D eigenvalue weighted by Gasteiger charge is -2.46. The third kappa shape index (κ3) is 2.65. The quantitative estimate of drug-likeness (QED) is 0.847. The third-order valence-corrected chi connectivity index (χ3v) is 6.05. The summed E-state index contributed by atoms with van der Waals surface area (Å²) in [5, 5.41) is 3.69. The van der Waals surface area contributed by atoms with Gasteiger partial charge in [0.1, 0.15) is 11.9 Å². The van der Waals surface area contributed by atoms with Crippen LogP contribution in [0.2, 0.25) is 0 Å². The van der Waals surface area contributed by atoms with Crippen LogP contribution in [0.4, 0.5) is 11.5 Å². The van der Waals surface area contributed by atoms with E-state index < -0.39 is 0 Å². The summed E-state index contributed by atoms with van der Waals surface area (Å²) >= 11 is 0. The number of anilines is 2. The molecule has 0 radical (unpaired) electrons. The summed E-state index contributed by atoms with van der Waals surface area (Å²) in [5.41, 5.74) is 3.59. The number of benzene rings is 1. The molecule has 5 rings (SSSR count). The maximum atomic E-state index is 5.92. The zero-order chi connectivity index (χ0) is 17.8. The van der Waals surface area contributed by atoms with Gasteiger partial charge in [0.2, 0.25) is 0 Å². The van der Waals surface area contributed by atoms with E-state index >= 15 is 0 Å². The number of ether oxygens (including phenoxy) is 1. The van der Waals surface area contributed by atoms with Gasteiger partial charge in [-0.15, -0.1) is 0 Å². The van der Waals surface area contributed by atoms with E-state index in [1.54, 1.807) is 6.20 Å². The Morgan fingerprint density at radius 2 is 1.92 bits per heavy atom. The molecule has 5 atom stereocenters. The van der Waals surface area contributed by atoms with Crippen LogP contribution in [0.1, 0.15) is 44.0 Å². The fourth-order valence-electron chi connectivity index (χ4n) is 4.65. The van der Waals surface area contributed by atoms with E-state index in [1.807, 2.05) is 13.1 Å².